The summed E-state index contributed by atoms with van der Waals surface area (Å²) in [4.78, 5) is 14.8. The number of ether oxygens (including phenoxy) is 1. The Labute approximate surface area is 123 Å². The maximum absolute atomic E-state index is 12.0. The predicted octanol–water partition coefficient (Wildman–Crippen LogP) is 1.86. The van der Waals surface area contributed by atoms with E-state index in [-0.39, 0.29) is 18.1 Å². The molecule has 20 heavy (non-hydrogen) atoms. The number of amides is 1. The molecule has 1 aliphatic rings. The first kappa shape index (κ1) is 14.9. The van der Waals surface area contributed by atoms with Gasteiger partial charge in [0, 0.05) is 19.6 Å². The van der Waals surface area contributed by atoms with E-state index in [9.17, 15) is 4.79 Å². The topological polar surface area (TPSA) is 67.6 Å². The minimum Gasteiger partial charge on any atom is -0.397 e. The van der Waals surface area contributed by atoms with Crippen LogP contribution in [0.1, 0.15) is 23.5 Å². The number of anilines is 2. The van der Waals surface area contributed by atoms with Crippen molar-refractivity contribution in [2.45, 2.75) is 26.1 Å². The third-order valence-corrected chi connectivity index (χ3v) is 4.30. The average molecular weight is 295 g/mol. The average Bonchev–Trinajstić information content (AvgIpc) is 2.77. The molecule has 1 aromatic heterocycles. The lowest BCUT2D eigenvalue weighted by Gasteiger charge is -2.35. The van der Waals surface area contributed by atoms with Crippen LogP contribution in [0.3, 0.4) is 0 Å². The van der Waals surface area contributed by atoms with E-state index in [2.05, 4.69) is 30.6 Å². The number of hydrogen-bond acceptors (Lipinski definition) is 5. The van der Waals surface area contributed by atoms with Crippen molar-refractivity contribution in [2.75, 3.05) is 30.3 Å². The number of hydrogen-bond donors (Lipinski definition) is 2. The molecular weight excluding hydrogens is 274 g/mol. The van der Waals surface area contributed by atoms with E-state index in [0.717, 1.165) is 18.1 Å². The van der Waals surface area contributed by atoms with Gasteiger partial charge in [-0.1, -0.05) is 6.08 Å². The normalized spacial score (nSPS) is 22.6. The lowest BCUT2D eigenvalue weighted by molar-refractivity contribution is -0.00500. The van der Waals surface area contributed by atoms with Gasteiger partial charge in [-0.3, -0.25) is 4.79 Å². The van der Waals surface area contributed by atoms with Gasteiger partial charge in [0.2, 0.25) is 0 Å². The third kappa shape index (κ3) is 3.32. The van der Waals surface area contributed by atoms with Gasteiger partial charge in [0.1, 0.15) is 4.88 Å². The second-order valence-electron chi connectivity index (χ2n) is 5.03. The lowest BCUT2D eigenvalue weighted by Crippen LogP contribution is -2.45. The summed E-state index contributed by atoms with van der Waals surface area (Å²) in [5.41, 5.74) is 6.48. The summed E-state index contributed by atoms with van der Waals surface area (Å²) < 4.78 is 5.72. The van der Waals surface area contributed by atoms with Gasteiger partial charge in [0.05, 0.1) is 22.9 Å². The van der Waals surface area contributed by atoms with Gasteiger partial charge in [0.25, 0.3) is 5.91 Å². The highest BCUT2D eigenvalue weighted by molar-refractivity contribution is 7.18. The van der Waals surface area contributed by atoms with Gasteiger partial charge in [-0.2, -0.15) is 0 Å². The molecule has 1 saturated heterocycles. The Morgan fingerprint density at radius 1 is 1.60 bits per heavy atom. The zero-order valence-corrected chi connectivity index (χ0v) is 12.7. The summed E-state index contributed by atoms with van der Waals surface area (Å²) in [6.45, 7) is 9.76. The van der Waals surface area contributed by atoms with E-state index in [1.807, 2.05) is 6.07 Å². The van der Waals surface area contributed by atoms with Crippen LogP contribution < -0.4 is 16.0 Å². The molecule has 5 nitrogen and oxygen atoms in total. The van der Waals surface area contributed by atoms with Crippen molar-refractivity contribution in [3.8, 4) is 0 Å². The van der Waals surface area contributed by atoms with Crippen molar-refractivity contribution in [3.63, 3.8) is 0 Å². The summed E-state index contributed by atoms with van der Waals surface area (Å²) in [5.74, 6) is -0.145. The van der Waals surface area contributed by atoms with Gasteiger partial charge in [-0.15, -0.1) is 17.9 Å². The first-order chi connectivity index (χ1) is 9.51. The smallest absolute Gasteiger partial charge is 0.263 e. The number of nitrogens with zero attached hydrogens (tertiary/aromatic N) is 1. The molecule has 2 atom stereocenters. The third-order valence-electron chi connectivity index (χ3n) is 3.09. The number of nitrogen functional groups attached to an aromatic ring is 1. The van der Waals surface area contributed by atoms with Crippen LogP contribution in [0.2, 0.25) is 0 Å². The highest BCUT2D eigenvalue weighted by Crippen LogP contribution is 2.33. The molecule has 1 fully saturated rings. The van der Waals surface area contributed by atoms with Crippen LogP contribution in [0.5, 0.6) is 0 Å². The van der Waals surface area contributed by atoms with Gasteiger partial charge < -0.3 is 20.7 Å². The van der Waals surface area contributed by atoms with Crippen molar-refractivity contribution in [1.29, 1.82) is 0 Å². The van der Waals surface area contributed by atoms with Crippen LogP contribution in [0.15, 0.2) is 18.7 Å². The Bertz CT molecular complexity index is 491. The van der Waals surface area contributed by atoms with E-state index < -0.39 is 0 Å². The van der Waals surface area contributed by atoms with Crippen LogP contribution in [0.4, 0.5) is 10.7 Å². The highest BCUT2D eigenvalue weighted by atomic mass is 32.1. The van der Waals surface area contributed by atoms with Crippen LogP contribution in [-0.2, 0) is 4.74 Å². The van der Waals surface area contributed by atoms with Crippen molar-refractivity contribution >= 4 is 27.9 Å². The molecule has 0 radical (unpaired) electrons. The molecule has 2 rings (SSSR count). The van der Waals surface area contributed by atoms with Crippen LogP contribution >= 0.6 is 11.3 Å². The fourth-order valence-electron chi connectivity index (χ4n) is 2.33. The van der Waals surface area contributed by atoms with Crippen molar-refractivity contribution in [1.82, 2.24) is 5.32 Å². The molecule has 1 amide bonds. The van der Waals surface area contributed by atoms with Crippen molar-refractivity contribution in [3.05, 3.63) is 23.6 Å². The number of thiophene rings is 1. The van der Waals surface area contributed by atoms with Gasteiger partial charge >= 0.3 is 0 Å². The monoisotopic (exact) mass is 295 g/mol. The zero-order chi connectivity index (χ0) is 14.7. The lowest BCUT2D eigenvalue weighted by atomic mass is 10.2. The van der Waals surface area contributed by atoms with Crippen LogP contribution in [0, 0.1) is 0 Å². The summed E-state index contributed by atoms with van der Waals surface area (Å²) in [6.07, 6.45) is 2.01. The zero-order valence-electron chi connectivity index (χ0n) is 11.9. The Hall–Kier alpha value is -1.53. The fourth-order valence-corrected chi connectivity index (χ4v) is 3.34. The van der Waals surface area contributed by atoms with Crippen molar-refractivity contribution < 1.29 is 9.53 Å². The van der Waals surface area contributed by atoms with Crippen LogP contribution in [-0.4, -0.2) is 37.7 Å². The summed E-state index contributed by atoms with van der Waals surface area (Å²) in [5, 5.41) is 3.78. The second-order valence-corrected chi connectivity index (χ2v) is 6.06. The molecule has 0 aliphatic carbocycles. The molecule has 1 aromatic rings. The van der Waals surface area contributed by atoms with E-state index in [4.69, 9.17) is 10.5 Å². The van der Waals surface area contributed by atoms with Crippen molar-refractivity contribution in [2.24, 2.45) is 0 Å². The van der Waals surface area contributed by atoms with E-state index in [0.29, 0.717) is 17.1 Å². The van der Waals surface area contributed by atoms with E-state index in [1.165, 1.54) is 11.3 Å². The minimum absolute atomic E-state index is 0.145. The Kier molecular flexibility index (Phi) is 4.67. The molecule has 1 aliphatic heterocycles. The predicted molar refractivity (Wildman–Crippen MR) is 83.5 cm³/mol. The second kappa shape index (κ2) is 6.28. The molecule has 0 unspecified atom stereocenters. The fraction of sp³-hybridized carbons (Fsp3) is 0.500. The molecule has 0 aromatic carbocycles. The number of nitrogens with two attached hydrogens (primary N) is 1. The quantitative estimate of drug-likeness (QED) is 0.832. The molecule has 0 spiro atoms. The number of rotatable bonds is 4. The van der Waals surface area contributed by atoms with Crippen LogP contribution in [0.25, 0.3) is 0 Å². The number of carbonyl (C=O) groups excluding carboxylic acids is 1. The molecular formula is C14H21N3O2S. The van der Waals surface area contributed by atoms with Gasteiger partial charge in [-0.05, 0) is 19.9 Å². The largest absolute Gasteiger partial charge is 0.397 e. The first-order valence-electron chi connectivity index (χ1n) is 6.70. The van der Waals surface area contributed by atoms with Gasteiger partial charge in [0.15, 0.2) is 0 Å². The molecule has 0 saturated carbocycles. The number of morpholine rings is 1. The number of carbonyl (C=O) groups is 1. The summed E-state index contributed by atoms with van der Waals surface area (Å²) in [6, 6.07) is 1.87. The van der Waals surface area contributed by atoms with Gasteiger partial charge in [-0.25, -0.2) is 0 Å². The maximum atomic E-state index is 12.0. The number of nitrogens with one attached hydrogen (secondary N) is 1. The van der Waals surface area contributed by atoms with E-state index in [1.54, 1.807) is 6.08 Å². The first-order valence-corrected chi connectivity index (χ1v) is 7.51. The maximum Gasteiger partial charge on any atom is 0.263 e. The molecule has 0 bridgehead atoms. The highest BCUT2D eigenvalue weighted by Gasteiger charge is 2.25. The summed E-state index contributed by atoms with van der Waals surface area (Å²) >= 11 is 1.43. The molecule has 3 N–H and O–H groups in total. The van der Waals surface area contributed by atoms with E-state index >= 15 is 0 Å². The SMILES string of the molecule is C=CCNC(=O)c1sc(N2C[C@@H](C)O[C@@H](C)C2)cc1N. The Morgan fingerprint density at radius 3 is 2.85 bits per heavy atom. The molecule has 6 heteroatoms. The Balaban J connectivity index is 2.14. The standard InChI is InChI=1S/C14H21N3O2S/c1-4-5-16-14(18)13-11(15)6-12(20-13)17-7-9(2)19-10(3)8-17/h4,6,9-10H,1,5,7-8,15H2,2-3H3,(H,16,18)/t9-,10+. The Morgan fingerprint density at radius 2 is 2.25 bits per heavy atom. The summed E-state index contributed by atoms with van der Waals surface area (Å²) in [7, 11) is 0. The molecule has 2 heterocycles. The molecule has 110 valence electrons. The minimum atomic E-state index is -0.145.